The lowest BCUT2D eigenvalue weighted by atomic mass is 10.2. The first-order valence-electron chi connectivity index (χ1n) is 7.00. The van der Waals surface area contributed by atoms with Gasteiger partial charge in [0.05, 0.1) is 12.5 Å². The lowest BCUT2D eigenvalue weighted by Crippen LogP contribution is -2.22. The highest BCUT2D eigenvalue weighted by atomic mass is 32.2. The van der Waals surface area contributed by atoms with Crippen molar-refractivity contribution in [1.29, 1.82) is 0 Å². The van der Waals surface area contributed by atoms with Crippen LogP contribution < -0.4 is 10.0 Å². The van der Waals surface area contributed by atoms with Crippen molar-refractivity contribution >= 4 is 33.0 Å². The third kappa shape index (κ3) is 3.84. The van der Waals surface area contributed by atoms with Crippen LogP contribution in [0, 0.1) is 0 Å². The molecule has 2 aromatic heterocycles. The number of hydrogen-bond donors (Lipinski definition) is 2. The molecule has 3 aromatic rings. The minimum Gasteiger partial charge on any atom is -0.472 e. The van der Waals surface area contributed by atoms with Crippen molar-refractivity contribution < 1.29 is 17.6 Å². The Morgan fingerprint density at radius 1 is 1.17 bits per heavy atom. The van der Waals surface area contributed by atoms with E-state index in [4.69, 9.17) is 4.42 Å². The van der Waals surface area contributed by atoms with Gasteiger partial charge in [-0.3, -0.25) is 9.52 Å². The Balaban J connectivity index is 1.71. The van der Waals surface area contributed by atoms with Gasteiger partial charge in [-0.2, -0.15) is 0 Å². The fourth-order valence-corrected chi connectivity index (χ4v) is 4.07. The average molecular weight is 362 g/mol. The smallest absolute Gasteiger partial charge is 0.271 e. The molecule has 0 aliphatic carbocycles. The molecule has 0 aliphatic heterocycles. The fourth-order valence-electron chi connectivity index (χ4n) is 2.02. The molecule has 3 rings (SSSR count). The number of benzene rings is 1. The highest BCUT2D eigenvalue weighted by molar-refractivity contribution is 7.94. The normalized spacial score (nSPS) is 11.2. The van der Waals surface area contributed by atoms with Crippen LogP contribution in [0.2, 0.25) is 0 Å². The van der Waals surface area contributed by atoms with E-state index in [9.17, 15) is 13.2 Å². The summed E-state index contributed by atoms with van der Waals surface area (Å²) in [6.45, 7) is 0.334. The summed E-state index contributed by atoms with van der Waals surface area (Å²) in [5.74, 6) is -0.298. The van der Waals surface area contributed by atoms with E-state index in [-0.39, 0.29) is 10.1 Å². The van der Waals surface area contributed by atoms with E-state index in [1.165, 1.54) is 18.4 Å². The molecular weight excluding hydrogens is 348 g/mol. The molecule has 24 heavy (non-hydrogen) atoms. The third-order valence-electron chi connectivity index (χ3n) is 3.17. The van der Waals surface area contributed by atoms with Gasteiger partial charge in [-0.15, -0.1) is 11.3 Å². The van der Waals surface area contributed by atoms with Gasteiger partial charge in [0.2, 0.25) is 0 Å². The number of furan rings is 1. The molecule has 0 aliphatic rings. The molecule has 0 spiro atoms. The SMILES string of the molecule is O=C(NCc1ccoc1)c1cccc(NS(=O)(=O)c2cccs2)c1. The Labute approximate surface area is 143 Å². The Bertz CT molecular complexity index is 917. The Morgan fingerprint density at radius 2 is 2.04 bits per heavy atom. The maximum absolute atomic E-state index is 12.2. The summed E-state index contributed by atoms with van der Waals surface area (Å²) in [7, 11) is -3.64. The second-order valence-electron chi connectivity index (χ2n) is 4.93. The molecule has 1 aromatic carbocycles. The number of rotatable bonds is 6. The Hall–Kier alpha value is -2.58. The van der Waals surface area contributed by atoms with Crippen LogP contribution in [0.5, 0.6) is 0 Å². The molecule has 1 amide bonds. The molecule has 2 N–H and O–H groups in total. The van der Waals surface area contributed by atoms with Crippen molar-refractivity contribution in [2.45, 2.75) is 10.8 Å². The Morgan fingerprint density at radius 3 is 2.75 bits per heavy atom. The number of hydrogen-bond acceptors (Lipinski definition) is 5. The quantitative estimate of drug-likeness (QED) is 0.705. The van der Waals surface area contributed by atoms with Gasteiger partial charge < -0.3 is 9.73 Å². The first-order valence-corrected chi connectivity index (χ1v) is 9.36. The second kappa shape index (κ2) is 6.90. The molecule has 0 atom stereocenters. The van der Waals surface area contributed by atoms with Gasteiger partial charge in [-0.05, 0) is 35.7 Å². The molecule has 8 heteroatoms. The van der Waals surface area contributed by atoms with Crippen molar-refractivity contribution in [3.05, 3.63) is 71.5 Å². The number of nitrogens with one attached hydrogen (secondary N) is 2. The fraction of sp³-hybridized carbons (Fsp3) is 0.0625. The lowest BCUT2D eigenvalue weighted by molar-refractivity contribution is 0.0951. The topological polar surface area (TPSA) is 88.4 Å². The van der Waals surface area contributed by atoms with E-state index in [2.05, 4.69) is 10.0 Å². The zero-order valence-electron chi connectivity index (χ0n) is 12.4. The van der Waals surface area contributed by atoms with Gasteiger partial charge in [-0.1, -0.05) is 12.1 Å². The zero-order chi connectivity index (χ0) is 17.0. The van der Waals surface area contributed by atoms with Gasteiger partial charge in [0.15, 0.2) is 0 Å². The van der Waals surface area contributed by atoms with Crippen molar-refractivity contribution in [2.75, 3.05) is 4.72 Å². The van der Waals surface area contributed by atoms with Gasteiger partial charge in [0.1, 0.15) is 4.21 Å². The largest absolute Gasteiger partial charge is 0.472 e. The maximum atomic E-state index is 12.2. The summed E-state index contributed by atoms with van der Waals surface area (Å²) in [4.78, 5) is 12.2. The monoisotopic (exact) mass is 362 g/mol. The standard InChI is InChI=1S/C16H14N2O4S2/c19-16(17-10-12-6-7-22-11-12)13-3-1-4-14(9-13)18-24(20,21)15-5-2-8-23-15/h1-9,11,18H,10H2,(H,17,19). The predicted octanol–water partition coefficient (Wildman–Crippen LogP) is 3.07. The van der Waals surface area contributed by atoms with Crippen LogP contribution >= 0.6 is 11.3 Å². The number of thiophene rings is 1. The van der Waals surface area contributed by atoms with E-state index in [1.54, 1.807) is 42.0 Å². The summed E-state index contributed by atoms with van der Waals surface area (Å²) in [5, 5.41) is 4.43. The summed E-state index contributed by atoms with van der Waals surface area (Å²) >= 11 is 1.13. The molecule has 0 saturated carbocycles. The maximum Gasteiger partial charge on any atom is 0.271 e. The van der Waals surface area contributed by atoms with Crippen LogP contribution in [0.3, 0.4) is 0 Å². The summed E-state index contributed by atoms with van der Waals surface area (Å²) in [6.07, 6.45) is 3.08. The van der Waals surface area contributed by atoms with E-state index in [0.29, 0.717) is 17.8 Å². The van der Waals surface area contributed by atoms with Gasteiger partial charge in [-0.25, -0.2) is 8.42 Å². The molecule has 2 heterocycles. The van der Waals surface area contributed by atoms with E-state index in [0.717, 1.165) is 16.9 Å². The van der Waals surface area contributed by atoms with E-state index >= 15 is 0 Å². The predicted molar refractivity (Wildman–Crippen MR) is 91.4 cm³/mol. The second-order valence-corrected chi connectivity index (χ2v) is 7.79. The average Bonchev–Trinajstić information content (AvgIpc) is 3.26. The van der Waals surface area contributed by atoms with Crippen LogP contribution in [-0.2, 0) is 16.6 Å². The molecule has 124 valence electrons. The van der Waals surface area contributed by atoms with Crippen molar-refractivity contribution in [2.24, 2.45) is 0 Å². The highest BCUT2D eigenvalue weighted by Crippen LogP contribution is 2.20. The van der Waals surface area contributed by atoms with Crippen LogP contribution in [0.1, 0.15) is 15.9 Å². The van der Waals surface area contributed by atoms with Crippen molar-refractivity contribution in [1.82, 2.24) is 5.32 Å². The van der Waals surface area contributed by atoms with Gasteiger partial charge in [0, 0.05) is 23.4 Å². The minimum absolute atomic E-state index is 0.220. The molecule has 0 saturated heterocycles. The van der Waals surface area contributed by atoms with Crippen molar-refractivity contribution in [3.8, 4) is 0 Å². The zero-order valence-corrected chi connectivity index (χ0v) is 14.1. The number of sulfonamides is 1. The summed E-state index contributed by atoms with van der Waals surface area (Å²) < 4.78 is 32.1. The molecule has 0 unspecified atom stereocenters. The van der Waals surface area contributed by atoms with Crippen LogP contribution in [0.15, 0.2) is 69.0 Å². The molecule has 0 fully saturated rings. The first kappa shape index (κ1) is 16.3. The number of carbonyl (C=O) groups excluding carboxylic acids is 1. The van der Waals surface area contributed by atoms with Gasteiger partial charge >= 0.3 is 0 Å². The first-order chi connectivity index (χ1) is 11.5. The minimum atomic E-state index is -3.64. The van der Waals surface area contributed by atoms with Gasteiger partial charge in [0.25, 0.3) is 15.9 Å². The Kier molecular flexibility index (Phi) is 4.68. The summed E-state index contributed by atoms with van der Waals surface area (Å²) in [6, 6.07) is 11.3. The number of amides is 1. The van der Waals surface area contributed by atoms with Crippen LogP contribution in [0.4, 0.5) is 5.69 Å². The van der Waals surface area contributed by atoms with Crippen LogP contribution in [-0.4, -0.2) is 14.3 Å². The molecular formula is C16H14N2O4S2. The van der Waals surface area contributed by atoms with E-state index < -0.39 is 10.0 Å². The summed E-state index contributed by atoms with van der Waals surface area (Å²) in [5.41, 5.74) is 1.54. The number of anilines is 1. The molecule has 0 bridgehead atoms. The third-order valence-corrected chi connectivity index (χ3v) is 5.95. The van der Waals surface area contributed by atoms with Crippen molar-refractivity contribution in [3.63, 3.8) is 0 Å². The lowest BCUT2D eigenvalue weighted by Gasteiger charge is -2.08. The van der Waals surface area contributed by atoms with Crippen LogP contribution in [0.25, 0.3) is 0 Å². The number of carbonyl (C=O) groups is 1. The molecule has 0 radical (unpaired) electrons. The van der Waals surface area contributed by atoms with E-state index in [1.807, 2.05) is 0 Å². The molecule has 6 nitrogen and oxygen atoms in total. The highest BCUT2D eigenvalue weighted by Gasteiger charge is 2.16.